The van der Waals surface area contributed by atoms with E-state index in [2.05, 4.69) is 28.9 Å². The SMILES string of the molecule is Cc1ccc(CN2Cc3ncn(C)c3C(C(=O)N3CCOCC3)C2)s1.O=C(O)C(F)(F)F. The fraction of sp³-hybridized carbons (Fsp3) is 0.550. The first kappa shape index (κ1) is 24.2. The maximum absolute atomic E-state index is 13.2. The van der Waals surface area contributed by atoms with E-state index in [1.807, 2.05) is 34.2 Å². The summed E-state index contributed by atoms with van der Waals surface area (Å²) in [6, 6.07) is 4.35. The number of carboxylic acid groups (broad SMARTS) is 1. The number of imidazole rings is 1. The van der Waals surface area contributed by atoms with Gasteiger partial charge in [-0.3, -0.25) is 9.69 Å². The highest BCUT2D eigenvalue weighted by molar-refractivity contribution is 7.11. The van der Waals surface area contributed by atoms with E-state index in [0.29, 0.717) is 26.3 Å². The predicted molar refractivity (Wildman–Crippen MR) is 110 cm³/mol. The maximum Gasteiger partial charge on any atom is 0.490 e. The third-order valence-corrected chi connectivity index (χ3v) is 6.23. The van der Waals surface area contributed by atoms with Crippen LogP contribution in [0.25, 0.3) is 0 Å². The molecule has 0 spiro atoms. The van der Waals surface area contributed by atoms with Gasteiger partial charge in [0.2, 0.25) is 5.91 Å². The molecule has 8 nitrogen and oxygen atoms in total. The van der Waals surface area contributed by atoms with Gasteiger partial charge in [0.25, 0.3) is 0 Å². The van der Waals surface area contributed by atoms with Gasteiger partial charge < -0.3 is 19.3 Å². The Bertz CT molecular complexity index is 953. The van der Waals surface area contributed by atoms with Crippen LogP contribution in [0.15, 0.2) is 18.5 Å². The summed E-state index contributed by atoms with van der Waals surface area (Å²) in [6.07, 6.45) is -3.25. The average molecular weight is 475 g/mol. The van der Waals surface area contributed by atoms with Crippen molar-refractivity contribution in [3.63, 3.8) is 0 Å². The third kappa shape index (κ3) is 5.87. The number of rotatable bonds is 3. The number of ether oxygens (including phenoxy) is 1. The van der Waals surface area contributed by atoms with Crippen molar-refractivity contribution in [1.82, 2.24) is 19.4 Å². The number of carbonyl (C=O) groups excluding carboxylic acids is 1. The number of thiophene rings is 1. The second-order valence-corrected chi connectivity index (χ2v) is 9.03. The first-order chi connectivity index (χ1) is 15.1. The predicted octanol–water partition coefficient (Wildman–Crippen LogP) is 2.38. The van der Waals surface area contributed by atoms with Crippen LogP contribution in [0, 0.1) is 6.92 Å². The van der Waals surface area contributed by atoms with Crippen molar-refractivity contribution in [3.8, 4) is 0 Å². The number of aliphatic carboxylic acids is 1. The second-order valence-electron chi connectivity index (χ2n) is 7.66. The molecule has 0 radical (unpaired) electrons. The molecular formula is C20H25F3N4O4S. The van der Waals surface area contributed by atoms with Crippen LogP contribution in [0.4, 0.5) is 13.2 Å². The number of aryl methyl sites for hydroxylation is 2. The molecule has 12 heteroatoms. The highest BCUT2D eigenvalue weighted by Gasteiger charge is 2.38. The molecule has 2 aliphatic heterocycles. The van der Waals surface area contributed by atoms with Crippen molar-refractivity contribution in [2.45, 2.75) is 32.1 Å². The molecule has 1 N–H and O–H groups in total. The molecule has 2 aliphatic rings. The summed E-state index contributed by atoms with van der Waals surface area (Å²) in [4.78, 5) is 33.6. The van der Waals surface area contributed by atoms with Crippen molar-refractivity contribution >= 4 is 23.2 Å². The Morgan fingerprint density at radius 1 is 1.28 bits per heavy atom. The van der Waals surface area contributed by atoms with Gasteiger partial charge in [-0.25, -0.2) is 9.78 Å². The summed E-state index contributed by atoms with van der Waals surface area (Å²) >= 11 is 1.83. The number of carboxylic acids is 1. The van der Waals surface area contributed by atoms with Crippen LogP contribution in [0.2, 0.25) is 0 Å². The fourth-order valence-corrected chi connectivity index (χ4v) is 4.72. The largest absolute Gasteiger partial charge is 0.490 e. The van der Waals surface area contributed by atoms with E-state index >= 15 is 0 Å². The number of aromatic nitrogens is 2. The van der Waals surface area contributed by atoms with E-state index in [0.717, 1.165) is 31.0 Å². The first-order valence-corrected chi connectivity index (χ1v) is 10.8. The van der Waals surface area contributed by atoms with E-state index in [-0.39, 0.29) is 11.8 Å². The number of hydrogen-bond donors (Lipinski definition) is 1. The number of halogens is 3. The van der Waals surface area contributed by atoms with Gasteiger partial charge >= 0.3 is 12.1 Å². The Kier molecular flexibility index (Phi) is 7.57. The van der Waals surface area contributed by atoms with Gasteiger partial charge in [-0.2, -0.15) is 13.2 Å². The van der Waals surface area contributed by atoms with E-state index in [4.69, 9.17) is 14.6 Å². The van der Waals surface area contributed by atoms with Crippen LogP contribution in [0.5, 0.6) is 0 Å². The van der Waals surface area contributed by atoms with Crippen LogP contribution in [-0.2, 0) is 34.5 Å². The second kappa shape index (κ2) is 10.0. The van der Waals surface area contributed by atoms with Gasteiger partial charge in [0.15, 0.2) is 0 Å². The number of alkyl halides is 3. The number of morpholine rings is 1. The summed E-state index contributed by atoms with van der Waals surface area (Å²) in [6.45, 7) is 7.20. The van der Waals surface area contributed by atoms with Crippen LogP contribution >= 0.6 is 11.3 Å². The van der Waals surface area contributed by atoms with Gasteiger partial charge in [-0.15, -0.1) is 11.3 Å². The molecule has 32 heavy (non-hydrogen) atoms. The minimum Gasteiger partial charge on any atom is -0.475 e. The molecule has 0 aromatic carbocycles. The number of carbonyl (C=O) groups is 2. The van der Waals surface area contributed by atoms with Gasteiger partial charge in [0.05, 0.1) is 36.8 Å². The lowest BCUT2D eigenvalue weighted by atomic mass is 9.96. The van der Waals surface area contributed by atoms with Gasteiger partial charge in [0.1, 0.15) is 0 Å². The number of nitrogens with zero attached hydrogens (tertiary/aromatic N) is 4. The molecule has 0 aliphatic carbocycles. The lowest BCUT2D eigenvalue weighted by Crippen LogP contribution is -2.47. The summed E-state index contributed by atoms with van der Waals surface area (Å²) in [5.41, 5.74) is 2.11. The van der Waals surface area contributed by atoms with E-state index < -0.39 is 12.1 Å². The van der Waals surface area contributed by atoms with Crippen molar-refractivity contribution in [1.29, 1.82) is 0 Å². The van der Waals surface area contributed by atoms with Crippen LogP contribution in [0.3, 0.4) is 0 Å². The van der Waals surface area contributed by atoms with Crippen LogP contribution < -0.4 is 0 Å². The topological polar surface area (TPSA) is 87.9 Å². The van der Waals surface area contributed by atoms with Crippen molar-refractivity contribution in [2.24, 2.45) is 7.05 Å². The van der Waals surface area contributed by atoms with Gasteiger partial charge in [-0.1, -0.05) is 0 Å². The minimum absolute atomic E-state index is 0.143. The molecule has 2 aromatic heterocycles. The van der Waals surface area contributed by atoms with Gasteiger partial charge in [-0.05, 0) is 19.1 Å². The smallest absolute Gasteiger partial charge is 0.475 e. The standard InChI is InChI=1S/C18H24N4O2S.C2HF3O2/c1-13-3-4-14(25-13)9-21-10-15(17-16(11-21)19-12-20(17)2)18(23)22-5-7-24-8-6-22;3-2(4,5)1(6)7/h3-4,12,15H,5-11H2,1-2H3;(H,6,7). The normalized spacial score (nSPS) is 19.2. The highest BCUT2D eigenvalue weighted by Crippen LogP contribution is 2.31. The Hall–Kier alpha value is -2.44. The molecule has 1 fully saturated rings. The van der Waals surface area contributed by atoms with Crippen molar-refractivity contribution in [2.75, 3.05) is 32.8 Å². The zero-order chi connectivity index (χ0) is 23.5. The quantitative estimate of drug-likeness (QED) is 0.735. The molecule has 4 heterocycles. The summed E-state index contributed by atoms with van der Waals surface area (Å²) in [5.74, 6) is -2.69. The molecule has 0 bridgehead atoms. The maximum atomic E-state index is 13.2. The summed E-state index contributed by atoms with van der Waals surface area (Å²) in [7, 11) is 1.99. The molecular weight excluding hydrogens is 449 g/mol. The molecule has 1 amide bonds. The number of hydrogen-bond acceptors (Lipinski definition) is 6. The third-order valence-electron chi connectivity index (χ3n) is 5.25. The molecule has 0 saturated carbocycles. The lowest BCUT2D eigenvalue weighted by molar-refractivity contribution is -0.192. The average Bonchev–Trinajstić information content (AvgIpc) is 3.32. The Morgan fingerprint density at radius 2 is 1.94 bits per heavy atom. The molecule has 2 aromatic rings. The molecule has 1 unspecified atom stereocenters. The van der Waals surface area contributed by atoms with Crippen LogP contribution in [-0.4, -0.2) is 75.4 Å². The molecule has 1 saturated heterocycles. The van der Waals surface area contributed by atoms with Crippen LogP contribution in [0.1, 0.15) is 27.1 Å². The number of amides is 1. The summed E-state index contributed by atoms with van der Waals surface area (Å²) < 4.78 is 39.2. The molecule has 4 rings (SSSR count). The zero-order valence-corrected chi connectivity index (χ0v) is 18.6. The summed E-state index contributed by atoms with van der Waals surface area (Å²) in [5, 5.41) is 7.12. The van der Waals surface area contributed by atoms with E-state index in [1.54, 1.807) is 0 Å². The zero-order valence-electron chi connectivity index (χ0n) is 17.8. The lowest BCUT2D eigenvalue weighted by Gasteiger charge is -2.36. The van der Waals surface area contributed by atoms with E-state index in [9.17, 15) is 18.0 Å². The van der Waals surface area contributed by atoms with E-state index in [1.165, 1.54) is 9.75 Å². The molecule has 176 valence electrons. The fourth-order valence-electron chi connectivity index (χ4n) is 3.79. The first-order valence-electron chi connectivity index (χ1n) is 10.0. The van der Waals surface area contributed by atoms with Crippen molar-refractivity contribution in [3.05, 3.63) is 39.6 Å². The molecule has 1 atom stereocenters. The number of fused-ring (bicyclic) bond motifs is 1. The Morgan fingerprint density at radius 3 is 2.50 bits per heavy atom. The Balaban J connectivity index is 0.000000360. The Labute approximate surface area is 187 Å². The monoisotopic (exact) mass is 474 g/mol. The highest BCUT2D eigenvalue weighted by atomic mass is 32.1. The minimum atomic E-state index is -5.08. The van der Waals surface area contributed by atoms with Crippen molar-refractivity contribution < 1.29 is 32.6 Å². The van der Waals surface area contributed by atoms with Gasteiger partial charge in [0, 0.05) is 49.5 Å².